The Morgan fingerprint density at radius 3 is 2.55 bits per heavy atom. The number of amides is 1. The van der Waals surface area contributed by atoms with E-state index in [-0.39, 0.29) is 23.8 Å². The predicted molar refractivity (Wildman–Crippen MR) is 78.0 cm³/mol. The molecule has 0 radical (unpaired) electrons. The van der Waals surface area contributed by atoms with Crippen LogP contribution >= 0.6 is 0 Å². The van der Waals surface area contributed by atoms with Gasteiger partial charge in [-0.05, 0) is 50.8 Å². The van der Waals surface area contributed by atoms with Gasteiger partial charge in [-0.25, -0.2) is 4.39 Å². The van der Waals surface area contributed by atoms with E-state index in [1.165, 1.54) is 0 Å². The van der Waals surface area contributed by atoms with E-state index in [2.05, 4.69) is 5.32 Å². The van der Waals surface area contributed by atoms with E-state index in [0.29, 0.717) is 5.56 Å². The number of rotatable bonds is 4. The first kappa shape index (κ1) is 15.0. The standard InChI is InChI=1S/C16H23FN2O/c1-11-6-7-14(10-15(11)17)12(2)18-13(3)16(20)19-8-4-5-9-19/h6-7,10,12-13,18H,4-5,8-9H2,1-3H3. The Labute approximate surface area is 120 Å². The van der Waals surface area contributed by atoms with Crippen molar-refractivity contribution in [2.45, 2.75) is 45.7 Å². The Balaban J connectivity index is 1.97. The zero-order chi connectivity index (χ0) is 14.7. The summed E-state index contributed by atoms with van der Waals surface area (Å²) in [6.07, 6.45) is 2.19. The van der Waals surface area contributed by atoms with Crippen LogP contribution in [0, 0.1) is 12.7 Å². The lowest BCUT2D eigenvalue weighted by Gasteiger charge is -2.24. The molecule has 0 spiro atoms. The smallest absolute Gasteiger partial charge is 0.239 e. The summed E-state index contributed by atoms with van der Waals surface area (Å²) in [4.78, 5) is 14.1. The van der Waals surface area contributed by atoms with Crippen LogP contribution in [-0.2, 0) is 4.79 Å². The van der Waals surface area contributed by atoms with E-state index in [9.17, 15) is 9.18 Å². The molecule has 2 rings (SSSR count). The summed E-state index contributed by atoms with van der Waals surface area (Å²) >= 11 is 0. The fourth-order valence-corrected chi connectivity index (χ4v) is 2.63. The molecule has 3 nitrogen and oxygen atoms in total. The van der Waals surface area contributed by atoms with Crippen molar-refractivity contribution in [2.24, 2.45) is 0 Å². The van der Waals surface area contributed by atoms with Gasteiger partial charge in [0.2, 0.25) is 5.91 Å². The lowest BCUT2D eigenvalue weighted by molar-refractivity contribution is -0.132. The van der Waals surface area contributed by atoms with Gasteiger partial charge in [0.1, 0.15) is 5.82 Å². The highest BCUT2D eigenvalue weighted by atomic mass is 19.1. The molecule has 2 unspecified atom stereocenters. The molecule has 1 aromatic carbocycles. The van der Waals surface area contributed by atoms with Crippen LogP contribution < -0.4 is 5.32 Å². The first-order valence-electron chi connectivity index (χ1n) is 7.30. The number of nitrogens with one attached hydrogen (secondary N) is 1. The zero-order valence-corrected chi connectivity index (χ0v) is 12.4. The number of halogens is 1. The molecule has 1 aromatic rings. The Hall–Kier alpha value is -1.42. The maximum absolute atomic E-state index is 13.6. The molecule has 0 saturated carbocycles. The molecule has 1 fully saturated rings. The van der Waals surface area contributed by atoms with E-state index in [4.69, 9.17) is 0 Å². The van der Waals surface area contributed by atoms with Crippen LogP contribution in [0.4, 0.5) is 4.39 Å². The van der Waals surface area contributed by atoms with Crippen molar-refractivity contribution in [3.63, 3.8) is 0 Å². The highest BCUT2D eigenvalue weighted by Gasteiger charge is 2.24. The molecule has 20 heavy (non-hydrogen) atoms. The van der Waals surface area contributed by atoms with Crippen LogP contribution in [0.3, 0.4) is 0 Å². The molecule has 1 aliphatic rings. The molecule has 1 saturated heterocycles. The minimum Gasteiger partial charge on any atom is -0.341 e. The van der Waals surface area contributed by atoms with Gasteiger partial charge < -0.3 is 4.90 Å². The molecule has 1 amide bonds. The van der Waals surface area contributed by atoms with Crippen LogP contribution in [0.5, 0.6) is 0 Å². The monoisotopic (exact) mass is 278 g/mol. The Kier molecular flexibility index (Phi) is 4.76. The highest BCUT2D eigenvalue weighted by Crippen LogP contribution is 2.17. The van der Waals surface area contributed by atoms with E-state index in [0.717, 1.165) is 31.5 Å². The second-order valence-corrected chi connectivity index (χ2v) is 5.65. The summed E-state index contributed by atoms with van der Waals surface area (Å²) in [5, 5.41) is 3.26. The summed E-state index contributed by atoms with van der Waals surface area (Å²) in [5.41, 5.74) is 1.51. The number of aryl methyl sites for hydroxylation is 1. The largest absolute Gasteiger partial charge is 0.341 e. The molecule has 4 heteroatoms. The fourth-order valence-electron chi connectivity index (χ4n) is 2.63. The fraction of sp³-hybridized carbons (Fsp3) is 0.562. The lowest BCUT2D eigenvalue weighted by atomic mass is 10.1. The first-order valence-corrected chi connectivity index (χ1v) is 7.30. The lowest BCUT2D eigenvalue weighted by Crippen LogP contribution is -2.44. The first-order chi connectivity index (χ1) is 9.49. The van der Waals surface area contributed by atoms with Crippen molar-refractivity contribution in [1.29, 1.82) is 0 Å². The van der Waals surface area contributed by atoms with Crippen molar-refractivity contribution in [1.82, 2.24) is 10.2 Å². The second kappa shape index (κ2) is 6.35. The van der Waals surface area contributed by atoms with Gasteiger partial charge in [0.05, 0.1) is 6.04 Å². The molecule has 1 heterocycles. The van der Waals surface area contributed by atoms with Crippen molar-refractivity contribution >= 4 is 5.91 Å². The maximum atomic E-state index is 13.6. The molecular weight excluding hydrogens is 255 g/mol. The van der Waals surface area contributed by atoms with Gasteiger partial charge in [0, 0.05) is 19.1 Å². The minimum atomic E-state index is -0.243. The zero-order valence-electron chi connectivity index (χ0n) is 12.4. The second-order valence-electron chi connectivity index (χ2n) is 5.65. The van der Waals surface area contributed by atoms with Crippen molar-refractivity contribution in [2.75, 3.05) is 13.1 Å². The number of hydrogen-bond donors (Lipinski definition) is 1. The van der Waals surface area contributed by atoms with Gasteiger partial charge in [-0.1, -0.05) is 12.1 Å². The summed E-state index contributed by atoms with van der Waals surface area (Å²) in [6.45, 7) is 7.30. The predicted octanol–water partition coefficient (Wildman–Crippen LogP) is 2.80. The maximum Gasteiger partial charge on any atom is 0.239 e. The number of carbonyl (C=O) groups excluding carboxylic acids is 1. The molecular formula is C16H23FN2O. The molecule has 2 atom stereocenters. The van der Waals surface area contributed by atoms with Gasteiger partial charge in [-0.15, -0.1) is 0 Å². The van der Waals surface area contributed by atoms with Crippen LogP contribution in [0.25, 0.3) is 0 Å². The summed E-state index contributed by atoms with van der Waals surface area (Å²) in [6, 6.07) is 4.93. The van der Waals surface area contributed by atoms with Crippen LogP contribution in [0.2, 0.25) is 0 Å². The quantitative estimate of drug-likeness (QED) is 0.918. The van der Waals surface area contributed by atoms with E-state index >= 15 is 0 Å². The number of nitrogens with zero attached hydrogens (tertiary/aromatic N) is 1. The Morgan fingerprint density at radius 1 is 1.30 bits per heavy atom. The summed E-state index contributed by atoms with van der Waals surface area (Å²) in [5.74, 6) is -0.0587. The molecule has 0 bridgehead atoms. The van der Waals surface area contributed by atoms with Crippen LogP contribution in [-0.4, -0.2) is 29.9 Å². The SMILES string of the molecule is Cc1ccc(C(C)NC(C)C(=O)N2CCCC2)cc1F. The summed E-state index contributed by atoms with van der Waals surface area (Å²) in [7, 11) is 0. The van der Waals surface area contributed by atoms with Crippen molar-refractivity contribution < 1.29 is 9.18 Å². The van der Waals surface area contributed by atoms with Crippen molar-refractivity contribution in [3.05, 3.63) is 35.1 Å². The van der Waals surface area contributed by atoms with Crippen LogP contribution in [0.1, 0.15) is 43.9 Å². The van der Waals surface area contributed by atoms with E-state index in [1.807, 2.05) is 24.8 Å². The van der Waals surface area contributed by atoms with Gasteiger partial charge in [0.25, 0.3) is 0 Å². The average molecular weight is 278 g/mol. The number of carbonyl (C=O) groups is 1. The minimum absolute atomic E-state index is 0.0494. The Morgan fingerprint density at radius 2 is 1.95 bits per heavy atom. The topological polar surface area (TPSA) is 32.3 Å². The molecule has 1 N–H and O–H groups in total. The molecule has 0 aliphatic carbocycles. The van der Waals surface area contributed by atoms with E-state index in [1.54, 1.807) is 19.1 Å². The highest BCUT2D eigenvalue weighted by molar-refractivity contribution is 5.81. The van der Waals surface area contributed by atoms with Crippen molar-refractivity contribution in [3.8, 4) is 0 Å². The normalized spacial score (nSPS) is 18.1. The molecule has 110 valence electrons. The Bertz CT molecular complexity index is 483. The number of likely N-dealkylation sites (tertiary alicyclic amines) is 1. The van der Waals surface area contributed by atoms with Gasteiger partial charge in [-0.3, -0.25) is 10.1 Å². The average Bonchev–Trinajstić information content (AvgIpc) is 2.94. The third kappa shape index (κ3) is 3.37. The van der Waals surface area contributed by atoms with Gasteiger partial charge >= 0.3 is 0 Å². The third-order valence-electron chi connectivity index (χ3n) is 3.98. The van der Waals surface area contributed by atoms with E-state index < -0.39 is 0 Å². The molecule has 1 aliphatic heterocycles. The molecule has 0 aromatic heterocycles. The van der Waals surface area contributed by atoms with Gasteiger partial charge in [0.15, 0.2) is 0 Å². The summed E-state index contributed by atoms with van der Waals surface area (Å²) < 4.78 is 13.6. The number of benzene rings is 1. The van der Waals surface area contributed by atoms with Crippen LogP contribution in [0.15, 0.2) is 18.2 Å². The third-order valence-corrected chi connectivity index (χ3v) is 3.98. The number of hydrogen-bond acceptors (Lipinski definition) is 2. The van der Waals surface area contributed by atoms with Gasteiger partial charge in [-0.2, -0.15) is 0 Å².